The first kappa shape index (κ1) is 12.8. The molecule has 0 bridgehead atoms. The van der Waals surface area contributed by atoms with Crippen LogP contribution in [0.25, 0.3) is 10.8 Å². The lowest BCUT2D eigenvalue weighted by atomic mass is 10.1. The maximum absolute atomic E-state index is 12.4. The molecule has 0 aliphatic rings. The van der Waals surface area contributed by atoms with Gasteiger partial charge in [0, 0.05) is 11.6 Å². The smallest absolute Gasteiger partial charge is 0.274 e. The highest BCUT2D eigenvalue weighted by Gasteiger charge is 2.13. The van der Waals surface area contributed by atoms with Gasteiger partial charge in [0.1, 0.15) is 11.8 Å². The lowest BCUT2D eigenvalue weighted by Gasteiger charge is -2.08. The molecule has 1 amide bonds. The van der Waals surface area contributed by atoms with Crippen LogP contribution in [0.1, 0.15) is 16.1 Å². The second-order valence-corrected chi connectivity index (χ2v) is 4.49. The Morgan fingerprint density at radius 2 is 1.81 bits per heavy atom. The monoisotopic (exact) mass is 273 g/mol. The van der Waals surface area contributed by atoms with Crippen molar-refractivity contribution in [2.24, 2.45) is 0 Å². The van der Waals surface area contributed by atoms with Crippen LogP contribution in [0, 0.1) is 11.3 Å². The first-order valence-electron chi connectivity index (χ1n) is 6.44. The lowest BCUT2D eigenvalue weighted by Crippen LogP contribution is -2.14. The predicted octanol–water partition coefficient (Wildman–Crippen LogP) is 3.36. The molecule has 0 aliphatic carbocycles. The number of fused-ring (bicyclic) bond motifs is 1. The number of nitrogens with zero attached hydrogens (tertiary/aromatic N) is 2. The number of amides is 1. The van der Waals surface area contributed by atoms with Crippen LogP contribution in [0.15, 0.2) is 60.8 Å². The van der Waals surface area contributed by atoms with Crippen molar-refractivity contribution in [2.75, 3.05) is 5.32 Å². The van der Waals surface area contributed by atoms with E-state index < -0.39 is 0 Å². The van der Waals surface area contributed by atoms with E-state index >= 15 is 0 Å². The summed E-state index contributed by atoms with van der Waals surface area (Å²) in [5.41, 5.74) is 1.26. The van der Waals surface area contributed by atoms with Gasteiger partial charge in [0.2, 0.25) is 0 Å². The Balaban J connectivity index is 2.00. The number of para-hydroxylation sites is 1. The highest BCUT2D eigenvalue weighted by Crippen LogP contribution is 2.19. The molecule has 1 heterocycles. The molecule has 2 aromatic carbocycles. The second-order valence-electron chi connectivity index (χ2n) is 4.49. The molecule has 1 aromatic heterocycles. The number of nitriles is 1. The van der Waals surface area contributed by atoms with Crippen LogP contribution in [0.2, 0.25) is 0 Å². The third-order valence-electron chi connectivity index (χ3n) is 3.18. The Bertz CT molecular complexity index is 860. The number of benzene rings is 2. The molecule has 3 aromatic rings. The van der Waals surface area contributed by atoms with Crippen LogP contribution < -0.4 is 5.32 Å². The summed E-state index contributed by atoms with van der Waals surface area (Å²) in [4.78, 5) is 16.6. The van der Waals surface area contributed by atoms with E-state index in [-0.39, 0.29) is 5.91 Å². The Kier molecular flexibility index (Phi) is 3.32. The van der Waals surface area contributed by atoms with Gasteiger partial charge in [-0.05, 0) is 23.6 Å². The fourth-order valence-electron chi connectivity index (χ4n) is 2.17. The minimum atomic E-state index is -0.325. The molecule has 0 unspecified atom stereocenters. The number of hydrogen-bond acceptors (Lipinski definition) is 3. The number of rotatable bonds is 2. The van der Waals surface area contributed by atoms with Crippen molar-refractivity contribution >= 4 is 22.4 Å². The Morgan fingerprint density at radius 1 is 1.05 bits per heavy atom. The molecule has 4 nitrogen and oxygen atoms in total. The SMILES string of the molecule is N#Cc1ccccc1NC(=O)c1nccc2ccccc12. The zero-order valence-electron chi connectivity index (χ0n) is 11.1. The van der Waals surface area contributed by atoms with Crippen LogP contribution in [0.3, 0.4) is 0 Å². The standard InChI is InChI=1S/C17H11N3O/c18-11-13-6-2-4-8-15(13)20-17(21)16-14-7-3-1-5-12(14)9-10-19-16/h1-10H,(H,20,21). The van der Waals surface area contributed by atoms with Crippen molar-refractivity contribution in [1.82, 2.24) is 4.98 Å². The van der Waals surface area contributed by atoms with E-state index in [2.05, 4.69) is 16.4 Å². The average Bonchev–Trinajstić information content (AvgIpc) is 2.54. The number of pyridine rings is 1. The zero-order valence-corrected chi connectivity index (χ0v) is 11.1. The Morgan fingerprint density at radius 3 is 2.67 bits per heavy atom. The van der Waals surface area contributed by atoms with Crippen molar-refractivity contribution in [3.8, 4) is 6.07 Å². The van der Waals surface area contributed by atoms with Gasteiger partial charge in [-0.2, -0.15) is 5.26 Å². The van der Waals surface area contributed by atoms with Gasteiger partial charge in [0.15, 0.2) is 0 Å². The molecular formula is C17H11N3O. The van der Waals surface area contributed by atoms with Crippen LogP contribution >= 0.6 is 0 Å². The summed E-state index contributed by atoms with van der Waals surface area (Å²) in [7, 11) is 0. The van der Waals surface area contributed by atoms with Gasteiger partial charge in [-0.25, -0.2) is 0 Å². The van der Waals surface area contributed by atoms with E-state index in [9.17, 15) is 4.79 Å². The molecule has 0 saturated carbocycles. The summed E-state index contributed by atoms with van der Waals surface area (Å²) in [6.07, 6.45) is 1.60. The first-order chi connectivity index (χ1) is 10.3. The van der Waals surface area contributed by atoms with Gasteiger partial charge < -0.3 is 5.32 Å². The highest BCUT2D eigenvalue weighted by molar-refractivity contribution is 6.11. The Hall–Kier alpha value is -3.19. The van der Waals surface area contributed by atoms with Gasteiger partial charge in [0.25, 0.3) is 5.91 Å². The molecular weight excluding hydrogens is 262 g/mol. The van der Waals surface area contributed by atoms with Gasteiger partial charge in [-0.1, -0.05) is 36.4 Å². The lowest BCUT2D eigenvalue weighted by molar-refractivity contribution is 0.102. The van der Waals surface area contributed by atoms with Gasteiger partial charge in [-0.3, -0.25) is 9.78 Å². The van der Waals surface area contributed by atoms with Crippen molar-refractivity contribution in [2.45, 2.75) is 0 Å². The number of carbonyl (C=O) groups is 1. The third kappa shape index (κ3) is 2.45. The van der Waals surface area contributed by atoms with Crippen LogP contribution in [-0.2, 0) is 0 Å². The van der Waals surface area contributed by atoms with Crippen molar-refractivity contribution in [1.29, 1.82) is 5.26 Å². The largest absolute Gasteiger partial charge is 0.319 e. The minimum Gasteiger partial charge on any atom is -0.319 e. The summed E-state index contributed by atoms with van der Waals surface area (Å²) in [6, 6.07) is 18.3. The van der Waals surface area contributed by atoms with Crippen LogP contribution in [0.4, 0.5) is 5.69 Å². The summed E-state index contributed by atoms with van der Waals surface area (Å²) >= 11 is 0. The molecule has 0 aliphatic heterocycles. The number of anilines is 1. The molecule has 100 valence electrons. The number of hydrogen-bond donors (Lipinski definition) is 1. The number of nitrogens with one attached hydrogen (secondary N) is 1. The second kappa shape index (κ2) is 5.43. The summed E-state index contributed by atoms with van der Waals surface area (Å²) in [6.45, 7) is 0. The quantitative estimate of drug-likeness (QED) is 0.778. The van der Waals surface area contributed by atoms with E-state index in [1.807, 2.05) is 30.3 Å². The molecule has 1 N–H and O–H groups in total. The summed E-state index contributed by atoms with van der Waals surface area (Å²) in [5, 5.41) is 13.5. The molecule has 0 saturated heterocycles. The molecule has 0 spiro atoms. The molecule has 4 heteroatoms. The highest BCUT2D eigenvalue weighted by atomic mass is 16.1. The summed E-state index contributed by atoms with van der Waals surface area (Å²) in [5.74, 6) is -0.325. The van der Waals surface area contributed by atoms with Crippen molar-refractivity contribution < 1.29 is 4.79 Å². The van der Waals surface area contributed by atoms with E-state index in [1.165, 1.54) is 0 Å². The van der Waals surface area contributed by atoms with E-state index in [0.717, 1.165) is 10.8 Å². The maximum Gasteiger partial charge on any atom is 0.274 e. The summed E-state index contributed by atoms with van der Waals surface area (Å²) < 4.78 is 0. The van der Waals surface area contributed by atoms with Gasteiger partial charge in [-0.15, -0.1) is 0 Å². The predicted molar refractivity (Wildman–Crippen MR) is 80.9 cm³/mol. The van der Waals surface area contributed by atoms with Crippen molar-refractivity contribution in [3.63, 3.8) is 0 Å². The fourth-order valence-corrected chi connectivity index (χ4v) is 2.17. The first-order valence-corrected chi connectivity index (χ1v) is 6.44. The Labute approximate surface area is 121 Å². The maximum atomic E-state index is 12.4. The molecule has 3 rings (SSSR count). The molecule has 21 heavy (non-hydrogen) atoms. The molecule has 0 radical (unpaired) electrons. The normalized spacial score (nSPS) is 10.0. The van der Waals surface area contributed by atoms with E-state index in [0.29, 0.717) is 16.9 Å². The van der Waals surface area contributed by atoms with Gasteiger partial charge >= 0.3 is 0 Å². The minimum absolute atomic E-state index is 0.325. The average molecular weight is 273 g/mol. The van der Waals surface area contributed by atoms with Crippen LogP contribution in [0.5, 0.6) is 0 Å². The van der Waals surface area contributed by atoms with Gasteiger partial charge in [0.05, 0.1) is 11.3 Å². The fraction of sp³-hybridized carbons (Fsp3) is 0. The van der Waals surface area contributed by atoms with Crippen molar-refractivity contribution in [3.05, 3.63) is 72.1 Å². The van der Waals surface area contributed by atoms with E-state index in [1.54, 1.807) is 30.5 Å². The number of aromatic nitrogens is 1. The van der Waals surface area contributed by atoms with E-state index in [4.69, 9.17) is 5.26 Å². The molecule has 0 atom stereocenters. The number of carbonyl (C=O) groups excluding carboxylic acids is 1. The third-order valence-corrected chi connectivity index (χ3v) is 3.18. The zero-order chi connectivity index (χ0) is 14.7. The molecule has 0 fully saturated rings. The topological polar surface area (TPSA) is 65.8 Å². The van der Waals surface area contributed by atoms with Crippen LogP contribution in [-0.4, -0.2) is 10.9 Å².